The summed E-state index contributed by atoms with van der Waals surface area (Å²) in [6, 6.07) is 6.67. The van der Waals surface area contributed by atoms with Gasteiger partial charge in [-0.15, -0.1) is 0 Å². The summed E-state index contributed by atoms with van der Waals surface area (Å²) in [6.45, 7) is 3.26. The van der Waals surface area contributed by atoms with Crippen molar-refractivity contribution in [2.75, 3.05) is 11.9 Å². The summed E-state index contributed by atoms with van der Waals surface area (Å²) in [5.74, 6) is 1.49. The van der Waals surface area contributed by atoms with Crippen LogP contribution in [0.2, 0.25) is 0 Å². The number of hydrogen-bond acceptors (Lipinski definition) is 3. The summed E-state index contributed by atoms with van der Waals surface area (Å²) in [4.78, 5) is 11.4. The van der Waals surface area contributed by atoms with Gasteiger partial charge in [-0.25, -0.2) is 0 Å². The summed E-state index contributed by atoms with van der Waals surface area (Å²) in [5, 5.41) is 6.57. The standard InChI is InChI=1S/C17H24N2O2/c1-2-13-5-3-4-6-14(13)18-10-12-7-8-16-15(9-12)19-17(20)11-21-16/h7-9,13-14,18H,2-6,10-11H2,1H3,(H,19,20). The fraction of sp³-hybridized carbons (Fsp3) is 0.588. The molecule has 0 aromatic heterocycles. The third-order valence-electron chi connectivity index (χ3n) is 4.68. The minimum atomic E-state index is -0.0778. The predicted octanol–water partition coefficient (Wildman–Crippen LogP) is 3.08. The van der Waals surface area contributed by atoms with Gasteiger partial charge < -0.3 is 15.4 Å². The maximum atomic E-state index is 11.4. The number of anilines is 1. The Balaban J connectivity index is 1.62. The molecule has 0 bridgehead atoms. The Morgan fingerprint density at radius 1 is 1.33 bits per heavy atom. The Morgan fingerprint density at radius 2 is 2.19 bits per heavy atom. The lowest BCUT2D eigenvalue weighted by Gasteiger charge is -2.31. The van der Waals surface area contributed by atoms with E-state index in [-0.39, 0.29) is 12.5 Å². The normalized spacial score (nSPS) is 24.9. The van der Waals surface area contributed by atoms with E-state index in [0.29, 0.717) is 6.04 Å². The quantitative estimate of drug-likeness (QED) is 0.895. The second-order valence-corrected chi connectivity index (χ2v) is 6.11. The van der Waals surface area contributed by atoms with E-state index in [0.717, 1.165) is 23.9 Å². The molecule has 2 aliphatic rings. The van der Waals surface area contributed by atoms with Crippen LogP contribution in [0, 0.1) is 5.92 Å². The van der Waals surface area contributed by atoms with Gasteiger partial charge in [0.05, 0.1) is 5.69 Å². The minimum absolute atomic E-state index is 0.0778. The number of hydrogen-bond donors (Lipinski definition) is 2. The van der Waals surface area contributed by atoms with Crippen LogP contribution >= 0.6 is 0 Å². The van der Waals surface area contributed by atoms with E-state index < -0.39 is 0 Å². The van der Waals surface area contributed by atoms with Gasteiger partial charge in [-0.1, -0.05) is 32.3 Å². The van der Waals surface area contributed by atoms with Crippen LogP contribution < -0.4 is 15.4 Å². The zero-order valence-electron chi connectivity index (χ0n) is 12.7. The van der Waals surface area contributed by atoms with Crippen LogP contribution in [0.15, 0.2) is 18.2 Å². The Kier molecular flexibility index (Phi) is 4.44. The van der Waals surface area contributed by atoms with Crippen molar-refractivity contribution in [2.24, 2.45) is 5.92 Å². The van der Waals surface area contributed by atoms with Gasteiger partial charge in [0.25, 0.3) is 5.91 Å². The minimum Gasteiger partial charge on any atom is -0.482 e. The van der Waals surface area contributed by atoms with Gasteiger partial charge >= 0.3 is 0 Å². The van der Waals surface area contributed by atoms with Crippen molar-refractivity contribution in [3.8, 4) is 5.75 Å². The zero-order valence-corrected chi connectivity index (χ0v) is 12.7. The molecule has 2 N–H and O–H groups in total. The third kappa shape index (κ3) is 3.38. The molecule has 1 aliphatic carbocycles. The smallest absolute Gasteiger partial charge is 0.262 e. The van der Waals surface area contributed by atoms with Crippen molar-refractivity contribution in [3.63, 3.8) is 0 Å². The lowest BCUT2D eigenvalue weighted by Crippen LogP contribution is -2.37. The molecule has 1 aliphatic heterocycles. The summed E-state index contributed by atoms with van der Waals surface area (Å²) < 4.78 is 5.39. The van der Waals surface area contributed by atoms with Crippen molar-refractivity contribution in [1.82, 2.24) is 5.32 Å². The van der Waals surface area contributed by atoms with Gasteiger partial charge in [0.15, 0.2) is 6.61 Å². The topological polar surface area (TPSA) is 50.4 Å². The summed E-state index contributed by atoms with van der Waals surface area (Å²) in [6.07, 6.45) is 6.60. The Labute approximate surface area is 126 Å². The first-order chi connectivity index (χ1) is 10.3. The van der Waals surface area contributed by atoms with E-state index in [1.807, 2.05) is 12.1 Å². The predicted molar refractivity (Wildman–Crippen MR) is 83.4 cm³/mol. The van der Waals surface area contributed by atoms with E-state index in [4.69, 9.17) is 4.74 Å². The molecule has 0 radical (unpaired) electrons. The fourth-order valence-electron chi connectivity index (χ4n) is 3.45. The van der Waals surface area contributed by atoms with E-state index >= 15 is 0 Å². The third-order valence-corrected chi connectivity index (χ3v) is 4.68. The molecule has 3 rings (SSSR count). The molecule has 4 nitrogen and oxygen atoms in total. The summed E-state index contributed by atoms with van der Waals surface area (Å²) in [7, 11) is 0. The van der Waals surface area contributed by atoms with E-state index in [1.165, 1.54) is 37.7 Å². The van der Waals surface area contributed by atoms with E-state index in [1.54, 1.807) is 0 Å². The van der Waals surface area contributed by atoms with Crippen molar-refractivity contribution in [2.45, 2.75) is 51.6 Å². The van der Waals surface area contributed by atoms with Gasteiger partial charge in [0, 0.05) is 12.6 Å². The second kappa shape index (κ2) is 6.48. The van der Waals surface area contributed by atoms with Gasteiger partial charge in [-0.2, -0.15) is 0 Å². The number of carbonyl (C=O) groups excluding carboxylic acids is 1. The zero-order chi connectivity index (χ0) is 14.7. The van der Waals surface area contributed by atoms with Crippen LogP contribution in [-0.2, 0) is 11.3 Å². The second-order valence-electron chi connectivity index (χ2n) is 6.11. The number of benzene rings is 1. The van der Waals surface area contributed by atoms with Crippen molar-refractivity contribution in [1.29, 1.82) is 0 Å². The van der Waals surface area contributed by atoms with Gasteiger partial charge in [0.1, 0.15) is 5.75 Å². The first-order valence-electron chi connectivity index (χ1n) is 8.05. The van der Waals surface area contributed by atoms with Crippen molar-refractivity contribution >= 4 is 11.6 Å². The monoisotopic (exact) mass is 288 g/mol. The van der Waals surface area contributed by atoms with E-state index in [2.05, 4.69) is 23.6 Å². The Bertz CT molecular complexity index is 516. The average Bonchev–Trinajstić information content (AvgIpc) is 2.52. The van der Waals surface area contributed by atoms with Crippen LogP contribution in [0.3, 0.4) is 0 Å². The van der Waals surface area contributed by atoms with Crippen molar-refractivity contribution < 1.29 is 9.53 Å². The van der Waals surface area contributed by atoms with Crippen LogP contribution in [0.5, 0.6) is 5.75 Å². The number of rotatable bonds is 4. The highest BCUT2D eigenvalue weighted by Gasteiger charge is 2.23. The molecule has 1 amide bonds. The highest BCUT2D eigenvalue weighted by Crippen LogP contribution is 2.30. The van der Waals surface area contributed by atoms with Crippen LogP contribution in [0.1, 0.15) is 44.6 Å². The van der Waals surface area contributed by atoms with Crippen LogP contribution in [0.25, 0.3) is 0 Å². The largest absolute Gasteiger partial charge is 0.482 e. The number of fused-ring (bicyclic) bond motifs is 1. The molecule has 0 spiro atoms. The van der Waals surface area contributed by atoms with Crippen LogP contribution in [0.4, 0.5) is 5.69 Å². The average molecular weight is 288 g/mol. The SMILES string of the molecule is CCC1CCCCC1NCc1ccc2c(c1)NC(=O)CO2. The maximum absolute atomic E-state index is 11.4. The Morgan fingerprint density at radius 3 is 3.05 bits per heavy atom. The highest BCUT2D eigenvalue weighted by atomic mass is 16.5. The van der Waals surface area contributed by atoms with Gasteiger partial charge in [-0.3, -0.25) is 4.79 Å². The van der Waals surface area contributed by atoms with E-state index in [9.17, 15) is 4.79 Å². The molecule has 1 aromatic carbocycles. The number of amides is 1. The van der Waals surface area contributed by atoms with Gasteiger partial charge in [0.2, 0.25) is 0 Å². The maximum Gasteiger partial charge on any atom is 0.262 e. The first kappa shape index (κ1) is 14.4. The number of ether oxygens (including phenoxy) is 1. The lowest BCUT2D eigenvalue weighted by atomic mass is 9.83. The molecular formula is C17H24N2O2. The fourth-order valence-corrected chi connectivity index (χ4v) is 3.45. The molecule has 21 heavy (non-hydrogen) atoms. The molecule has 114 valence electrons. The Hall–Kier alpha value is -1.55. The molecule has 1 saturated carbocycles. The summed E-state index contributed by atoms with van der Waals surface area (Å²) in [5.41, 5.74) is 1.99. The lowest BCUT2D eigenvalue weighted by molar-refractivity contribution is -0.118. The number of carbonyl (C=O) groups is 1. The summed E-state index contributed by atoms with van der Waals surface area (Å²) >= 11 is 0. The molecule has 1 heterocycles. The van der Waals surface area contributed by atoms with Gasteiger partial charge in [-0.05, 0) is 36.5 Å². The molecule has 1 fully saturated rings. The van der Waals surface area contributed by atoms with Crippen molar-refractivity contribution in [3.05, 3.63) is 23.8 Å². The molecular weight excluding hydrogens is 264 g/mol. The molecule has 0 saturated heterocycles. The molecule has 2 atom stereocenters. The molecule has 1 aromatic rings. The first-order valence-corrected chi connectivity index (χ1v) is 8.05. The molecule has 2 unspecified atom stereocenters. The highest BCUT2D eigenvalue weighted by molar-refractivity contribution is 5.95. The molecule has 4 heteroatoms. The van der Waals surface area contributed by atoms with Crippen LogP contribution in [-0.4, -0.2) is 18.6 Å². The number of nitrogens with one attached hydrogen (secondary N) is 2.